The van der Waals surface area contributed by atoms with Crippen LogP contribution >= 0.6 is 0 Å². The summed E-state index contributed by atoms with van der Waals surface area (Å²) in [5.41, 5.74) is 2.86. The molecule has 0 aliphatic carbocycles. The van der Waals surface area contributed by atoms with Crippen molar-refractivity contribution in [3.8, 4) is 17.2 Å². The molecular weight excluding hydrogens is 330 g/mol. The fourth-order valence-corrected chi connectivity index (χ4v) is 2.47. The number of carbonyl (C=O) groups excluding carboxylic acids is 1. The molecule has 3 aromatic rings. The van der Waals surface area contributed by atoms with Crippen LogP contribution in [0.1, 0.15) is 11.3 Å². The van der Waals surface area contributed by atoms with E-state index in [1.54, 1.807) is 36.1 Å². The topological polar surface area (TPSA) is 65.4 Å². The number of amides is 1. The molecule has 0 saturated heterocycles. The predicted octanol–water partition coefficient (Wildman–Crippen LogP) is 3.52. The zero-order valence-corrected chi connectivity index (χ0v) is 15.0. The molecule has 0 bridgehead atoms. The largest absolute Gasteiger partial charge is 0.497 e. The predicted molar refractivity (Wildman–Crippen MR) is 100 cm³/mol. The molecule has 0 spiro atoms. The SMILES string of the molecule is COc1ccc(OCC(=O)Nc2cc(C)nn2-c2ccc(C)cc2)cc1. The highest BCUT2D eigenvalue weighted by Gasteiger charge is 2.11. The number of carbonyl (C=O) groups is 1. The highest BCUT2D eigenvalue weighted by Crippen LogP contribution is 2.19. The summed E-state index contributed by atoms with van der Waals surface area (Å²) in [5.74, 6) is 1.69. The Bertz CT molecular complexity index is 884. The maximum atomic E-state index is 12.3. The molecule has 1 N–H and O–H groups in total. The lowest BCUT2D eigenvalue weighted by Gasteiger charge is -2.10. The zero-order valence-electron chi connectivity index (χ0n) is 15.0. The van der Waals surface area contributed by atoms with Crippen LogP contribution in [0.15, 0.2) is 54.6 Å². The minimum absolute atomic E-state index is 0.0928. The second kappa shape index (κ2) is 7.74. The molecule has 1 aromatic heterocycles. The van der Waals surface area contributed by atoms with Crippen LogP contribution in [0, 0.1) is 13.8 Å². The van der Waals surface area contributed by atoms with Gasteiger partial charge < -0.3 is 14.8 Å². The van der Waals surface area contributed by atoms with E-state index in [0.29, 0.717) is 11.6 Å². The zero-order chi connectivity index (χ0) is 18.5. The van der Waals surface area contributed by atoms with Gasteiger partial charge in [0.05, 0.1) is 18.5 Å². The third-order valence-electron chi connectivity index (χ3n) is 3.81. The summed E-state index contributed by atoms with van der Waals surface area (Å²) >= 11 is 0. The van der Waals surface area contributed by atoms with Gasteiger partial charge in [0.1, 0.15) is 17.3 Å². The van der Waals surface area contributed by atoms with Gasteiger partial charge >= 0.3 is 0 Å². The summed E-state index contributed by atoms with van der Waals surface area (Å²) in [6.45, 7) is 3.82. The monoisotopic (exact) mass is 351 g/mol. The van der Waals surface area contributed by atoms with Crippen LogP contribution in [-0.4, -0.2) is 29.4 Å². The number of aromatic nitrogens is 2. The van der Waals surface area contributed by atoms with E-state index in [9.17, 15) is 4.79 Å². The lowest BCUT2D eigenvalue weighted by atomic mass is 10.2. The lowest BCUT2D eigenvalue weighted by Crippen LogP contribution is -2.21. The van der Waals surface area contributed by atoms with Crippen LogP contribution in [0.3, 0.4) is 0 Å². The average Bonchev–Trinajstić information content (AvgIpc) is 3.01. The molecule has 0 unspecified atom stereocenters. The number of benzene rings is 2. The van der Waals surface area contributed by atoms with Gasteiger partial charge in [0.25, 0.3) is 5.91 Å². The molecule has 1 amide bonds. The van der Waals surface area contributed by atoms with Crippen LogP contribution in [0.2, 0.25) is 0 Å². The molecular formula is C20H21N3O3. The van der Waals surface area contributed by atoms with Gasteiger partial charge in [-0.2, -0.15) is 5.10 Å². The lowest BCUT2D eigenvalue weighted by molar-refractivity contribution is -0.118. The van der Waals surface area contributed by atoms with Crippen molar-refractivity contribution in [3.05, 3.63) is 65.9 Å². The molecule has 2 aromatic carbocycles. The molecule has 6 nitrogen and oxygen atoms in total. The molecule has 0 saturated carbocycles. The Labute approximate surface area is 152 Å². The summed E-state index contributed by atoms with van der Waals surface area (Å²) < 4.78 is 12.3. The number of nitrogens with one attached hydrogen (secondary N) is 1. The van der Waals surface area contributed by atoms with E-state index in [0.717, 1.165) is 22.7 Å². The average molecular weight is 351 g/mol. The molecule has 0 radical (unpaired) electrons. The van der Waals surface area contributed by atoms with Gasteiger partial charge in [-0.15, -0.1) is 0 Å². The number of anilines is 1. The highest BCUT2D eigenvalue weighted by molar-refractivity contribution is 5.91. The van der Waals surface area contributed by atoms with E-state index < -0.39 is 0 Å². The van der Waals surface area contributed by atoms with Gasteiger partial charge in [-0.3, -0.25) is 4.79 Å². The van der Waals surface area contributed by atoms with E-state index in [4.69, 9.17) is 9.47 Å². The number of hydrogen-bond donors (Lipinski definition) is 1. The van der Waals surface area contributed by atoms with Crippen molar-refractivity contribution >= 4 is 11.7 Å². The maximum Gasteiger partial charge on any atom is 0.263 e. The number of methoxy groups -OCH3 is 1. The fraction of sp³-hybridized carbons (Fsp3) is 0.200. The molecule has 3 rings (SSSR count). The summed E-state index contributed by atoms with van der Waals surface area (Å²) in [6, 6.07) is 16.8. The summed E-state index contributed by atoms with van der Waals surface area (Å²) in [5, 5.41) is 7.30. The highest BCUT2D eigenvalue weighted by atomic mass is 16.5. The summed E-state index contributed by atoms with van der Waals surface area (Å²) in [4.78, 5) is 12.3. The van der Waals surface area contributed by atoms with Crippen molar-refractivity contribution in [1.82, 2.24) is 9.78 Å². The Kier molecular flexibility index (Phi) is 5.22. The Morgan fingerprint density at radius 2 is 1.69 bits per heavy atom. The third-order valence-corrected chi connectivity index (χ3v) is 3.81. The second-order valence-electron chi connectivity index (χ2n) is 5.93. The second-order valence-corrected chi connectivity index (χ2v) is 5.93. The molecule has 26 heavy (non-hydrogen) atoms. The van der Waals surface area contributed by atoms with Gasteiger partial charge in [0.2, 0.25) is 0 Å². The Morgan fingerprint density at radius 1 is 1.04 bits per heavy atom. The standard InChI is InChI=1S/C20H21N3O3/c1-14-4-6-16(7-5-14)23-19(12-15(2)22-23)21-20(24)13-26-18-10-8-17(25-3)9-11-18/h4-12H,13H2,1-3H3,(H,21,24). The van der Waals surface area contributed by atoms with E-state index >= 15 is 0 Å². The van der Waals surface area contributed by atoms with Crippen LogP contribution in [0.5, 0.6) is 11.5 Å². The minimum atomic E-state index is -0.255. The number of hydrogen-bond acceptors (Lipinski definition) is 4. The first-order valence-corrected chi connectivity index (χ1v) is 8.25. The minimum Gasteiger partial charge on any atom is -0.497 e. The van der Waals surface area contributed by atoms with Crippen molar-refractivity contribution in [2.24, 2.45) is 0 Å². The number of ether oxygens (including phenoxy) is 2. The third kappa shape index (κ3) is 4.22. The number of aryl methyl sites for hydroxylation is 2. The van der Waals surface area contributed by atoms with Crippen molar-refractivity contribution in [2.45, 2.75) is 13.8 Å². The smallest absolute Gasteiger partial charge is 0.263 e. The molecule has 134 valence electrons. The Balaban J connectivity index is 1.66. The van der Waals surface area contributed by atoms with E-state index in [2.05, 4.69) is 10.4 Å². The molecule has 1 heterocycles. The summed E-state index contributed by atoms with van der Waals surface area (Å²) in [6.07, 6.45) is 0. The van der Waals surface area contributed by atoms with Crippen LogP contribution < -0.4 is 14.8 Å². The van der Waals surface area contributed by atoms with Crippen molar-refractivity contribution in [3.63, 3.8) is 0 Å². The molecule has 0 aliphatic rings. The van der Waals surface area contributed by atoms with Gasteiger partial charge in [-0.25, -0.2) is 4.68 Å². The van der Waals surface area contributed by atoms with E-state index in [-0.39, 0.29) is 12.5 Å². The molecule has 6 heteroatoms. The van der Waals surface area contributed by atoms with Crippen LogP contribution in [-0.2, 0) is 4.79 Å². The van der Waals surface area contributed by atoms with Gasteiger partial charge in [0, 0.05) is 6.07 Å². The molecule has 0 fully saturated rings. The van der Waals surface area contributed by atoms with E-state index in [1.165, 1.54) is 0 Å². The van der Waals surface area contributed by atoms with Crippen LogP contribution in [0.4, 0.5) is 5.82 Å². The van der Waals surface area contributed by atoms with Crippen LogP contribution in [0.25, 0.3) is 5.69 Å². The molecule has 0 atom stereocenters. The Hall–Kier alpha value is -3.28. The number of nitrogens with zero attached hydrogens (tertiary/aromatic N) is 2. The number of rotatable bonds is 6. The van der Waals surface area contributed by atoms with Gasteiger partial charge in [-0.1, -0.05) is 17.7 Å². The maximum absolute atomic E-state index is 12.3. The van der Waals surface area contributed by atoms with E-state index in [1.807, 2.05) is 44.2 Å². The first-order valence-electron chi connectivity index (χ1n) is 8.25. The van der Waals surface area contributed by atoms with Crippen molar-refractivity contribution in [1.29, 1.82) is 0 Å². The quantitative estimate of drug-likeness (QED) is 0.738. The first-order chi connectivity index (χ1) is 12.5. The summed E-state index contributed by atoms with van der Waals surface area (Å²) in [7, 11) is 1.60. The molecule has 0 aliphatic heterocycles. The van der Waals surface area contributed by atoms with Gasteiger partial charge in [0.15, 0.2) is 6.61 Å². The first kappa shape index (κ1) is 17.5. The van der Waals surface area contributed by atoms with Gasteiger partial charge in [-0.05, 0) is 50.2 Å². The van der Waals surface area contributed by atoms with Crippen molar-refractivity contribution in [2.75, 3.05) is 19.0 Å². The Morgan fingerprint density at radius 3 is 2.35 bits per heavy atom. The van der Waals surface area contributed by atoms with Crippen molar-refractivity contribution < 1.29 is 14.3 Å². The normalized spacial score (nSPS) is 10.4. The fourth-order valence-electron chi connectivity index (χ4n) is 2.47.